The highest BCUT2D eigenvalue weighted by molar-refractivity contribution is 9.10. The van der Waals surface area contributed by atoms with Crippen LogP contribution in [0.3, 0.4) is 0 Å². The van der Waals surface area contributed by atoms with E-state index in [0.29, 0.717) is 10.0 Å². The molecule has 1 N–H and O–H groups in total. The molecule has 98 valence electrons. The molecule has 0 radical (unpaired) electrons. The molecule has 0 aliphatic carbocycles. The largest absolute Gasteiger partial charge is 0.478 e. The number of carbonyl (C=O) groups is 1. The second-order valence-corrected chi connectivity index (χ2v) is 4.76. The lowest BCUT2D eigenvalue weighted by atomic mass is 10.2. The standard InChI is InChI=1S/C14H10BrFO3/c1-8-4-2-7-11(13(8)16)19-10-6-3-5-9(15)12(10)14(17)18/h2-7H,1H3,(H,17,18). The molecule has 3 nitrogen and oxygen atoms in total. The molecule has 0 spiro atoms. The van der Waals surface area contributed by atoms with E-state index in [1.807, 2.05) is 0 Å². The molecule has 2 aromatic carbocycles. The molecule has 0 saturated carbocycles. The summed E-state index contributed by atoms with van der Waals surface area (Å²) in [6, 6.07) is 9.40. The number of aromatic carboxylic acids is 1. The van der Waals surface area contributed by atoms with Crippen LogP contribution in [-0.2, 0) is 0 Å². The fourth-order valence-corrected chi connectivity index (χ4v) is 2.13. The van der Waals surface area contributed by atoms with Crippen LogP contribution >= 0.6 is 15.9 Å². The molecule has 19 heavy (non-hydrogen) atoms. The quantitative estimate of drug-likeness (QED) is 0.910. The highest BCUT2D eigenvalue weighted by Gasteiger charge is 2.17. The van der Waals surface area contributed by atoms with Gasteiger partial charge in [0.05, 0.1) is 0 Å². The van der Waals surface area contributed by atoms with Crippen LogP contribution in [0.1, 0.15) is 15.9 Å². The highest BCUT2D eigenvalue weighted by Crippen LogP contribution is 2.32. The summed E-state index contributed by atoms with van der Waals surface area (Å²) in [5, 5.41) is 9.14. The van der Waals surface area contributed by atoms with Gasteiger partial charge in [-0.15, -0.1) is 0 Å². The van der Waals surface area contributed by atoms with E-state index >= 15 is 0 Å². The van der Waals surface area contributed by atoms with Crippen molar-refractivity contribution in [1.29, 1.82) is 0 Å². The summed E-state index contributed by atoms with van der Waals surface area (Å²) >= 11 is 3.14. The zero-order valence-electron chi connectivity index (χ0n) is 9.98. The van der Waals surface area contributed by atoms with Gasteiger partial charge in [-0.1, -0.05) is 18.2 Å². The summed E-state index contributed by atoms with van der Waals surface area (Å²) < 4.78 is 19.6. The van der Waals surface area contributed by atoms with Gasteiger partial charge in [0.2, 0.25) is 0 Å². The van der Waals surface area contributed by atoms with Crippen LogP contribution in [0, 0.1) is 12.7 Å². The van der Waals surface area contributed by atoms with Crippen LogP contribution in [0.25, 0.3) is 0 Å². The summed E-state index contributed by atoms with van der Waals surface area (Å²) in [5.41, 5.74) is 0.396. The fraction of sp³-hybridized carbons (Fsp3) is 0.0714. The first-order valence-electron chi connectivity index (χ1n) is 5.45. The van der Waals surface area contributed by atoms with Gasteiger partial charge in [-0.2, -0.15) is 0 Å². The van der Waals surface area contributed by atoms with Gasteiger partial charge in [-0.3, -0.25) is 0 Å². The van der Waals surface area contributed by atoms with Crippen molar-refractivity contribution in [3.63, 3.8) is 0 Å². The number of rotatable bonds is 3. The molecular weight excluding hydrogens is 315 g/mol. The number of halogens is 2. The Kier molecular flexibility index (Phi) is 3.85. The Morgan fingerprint density at radius 2 is 1.84 bits per heavy atom. The van der Waals surface area contributed by atoms with Gasteiger partial charge in [0.25, 0.3) is 0 Å². The lowest BCUT2D eigenvalue weighted by molar-refractivity contribution is 0.0693. The Morgan fingerprint density at radius 3 is 2.53 bits per heavy atom. The lowest BCUT2D eigenvalue weighted by Gasteiger charge is -2.11. The average Bonchev–Trinajstić information content (AvgIpc) is 2.34. The predicted molar refractivity (Wildman–Crippen MR) is 72.3 cm³/mol. The van der Waals surface area contributed by atoms with Gasteiger partial charge < -0.3 is 9.84 Å². The van der Waals surface area contributed by atoms with Gasteiger partial charge in [-0.25, -0.2) is 9.18 Å². The monoisotopic (exact) mass is 324 g/mol. The Morgan fingerprint density at radius 1 is 1.21 bits per heavy atom. The molecule has 0 atom stereocenters. The molecule has 0 aromatic heterocycles. The van der Waals surface area contributed by atoms with E-state index in [0.717, 1.165) is 0 Å². The number of aryl methyl sites for hydroxylation is 1. The van der Waals surface area contributed by atoms with Gasteiger partial charge in [0, 0.05) is 4.47 Å². The Balaban J connectivity index is 2.47. The van der Waals surface area contributed by atoms with Crippen LogP contribution in [-0.4, -0.2) is 11.1 Å². The Labute approximate surface area is 117 Å². The SMILES string of the molecule is Cc1cccc(Oc2cccc(Br)c2C(=O)O)c1F. The number of carboxylic acids is 1. The van der Waals surface area contributed by atoms with Crippen molar-refractivity contribution in [2.75, 3.05) is 0 Å². The minimum absolute atomic E-state index is 0.000556. The minimum Gasteiger partial charge on any atom is -0.478 e. The molecule has 0 unspecified atom stereocenters. The van der Waals surface area contributed by atoms with Gasteiger partial charge >= 0.3 is 5.97 Å². The topological polar surface area (TPSA) is 46.5 Å². The summed E-state index contributed by atoms with van der Waals surface area (Å²) in [4.78, 5) is 11.2. The van der Waals surface area contributed by atoms with E-state index in [1.54, 1.807) is 31.2 Å². The predicted octanol–water partition coefficient (Wildman–Crippen LogP) is 4.39. The zero-order valence-corrected chi connectivity index (χ0v) is 11.6. The summed E-state index contributed by atoms with van der Waals surface area (Å²) in [7, 11) is 0. The molecule has 0 aliphatic rings. The maximum absolute atomic E-state index is 13.8. The maximum Gasteiger partial charge on any atom is 0.340 e. The van der Waals surface area contributed by atoms with E-state index in [9.17, 15) is 9.18 Å². The summed E-state index contributed by atoms with van der Waals surface area (Å²) in [6.07, 6.45) is 0. The third-order valence-electron chi connectivity index (χ3n) is 2.57. The fourth-order valence-electron chi connectivity index (χ4n) is 1.61. The summed E-state index contributed by atoms with van der Waals surface area (Å²) in [6.45, 7) is 1.61. The first-order chi connectivity index (χ1) is 9.00. The number of hydrogen-bond acceptors (Lipinski definition) is 2. The van der Waals surface area contributed by atoms with Gasteiger partial charge in [0.1, 0.15) is 11.3 Å². The van der Waals surface area contributed by atoms with E-state index in [1.165, 1.54) is 12.1 Å². The van der Waals surface area contributed by atoms with Crippen LogP contribution in [0.5, 0.6) is 11.5 Å². The number of hydrogen-bond donors (Lipinski definition) is 1. The third-order valence-corrected chi connectivity index (χ3v) is 3.23. The van der Waals surface area contributed by atoms with Gasteiger partial charge in [-0.05, 0) is 46.6 Å². The van der Waals surface area contributed by atoms with Crippen molar-refractivity contribution in [1.82, 2.24) is 0 Å². The van der Waals surface area contributed by atoms with Crippen molar-refractivity contribution >= 4 is 21.9 Å². The van der Waals surface area contributed by atoms with Crippen molar-refractivity contribution < 1.29 is 19.0 Å². The smallest absolute Gasteiger partial charge is 0.340 e. The van der Waals surface area contributed by atoms with Crippen LogP contribution < -0.4 is 4.74 Å². The molecule has 0 bridgehead atoms. The number of carboxylic acid groups (broad SMARTS) is 1. The number of benzene rings is 2. The first kappa shape index (κ1) is 13.5. The first-order valence-corrected chi connectivity index (χ1v) is 6.24. The highest BCUT2D eigenvalue weighted by atomic mass is 79.9. The van der Waals surface area contributed by atoms with Crippen LogP contribution in [0.4, 0.5) is 4.39 Å². The van der Waals surface area contributed by atoms with E-state index < -0.39 is 11.8 Å². The van der Waals surface area contributed by atoms with Crippen molar-refractivity contribution in [3.05, 3.63) is 57.8 Å². The summed E-state index contributed by atoms with van der Waals surface area (Å²) in [5.74, 6) is -1.55. The number of ether oxygens (including phenoxy) is 1. The maximum atomic E-state index is 13.8. The molecule has 5 heteroatoms. The van der Waals surface area contributed by atoms with Gasteiger partial charge in [0.15, 0.2) is 11.6 Å². The van der Waals surface area contributed by atoms with E-state index in [4.69, 9.17) is 9.84 Å². The Bertz CT molecular complexity index is 641. The molecule has 2 rings (SSSR count). The lowest BCUT2D eigenvalue weighted by Crippen LogP contribution is -2.02. The van der Waals surface area contributed by atoms with Crippen molar-refractivity contribution in [2.24, 2.45) is 0 Å². The van der Waals surface area contributed by atoms with Crippen LogP contribution in [0.15, 0.2) is 40.9 Å². The molecule has 0 amide bonds. The molecule has 0 heterocycles. The zero-order chi connectivity index (χ0) is 14.0. The molecular formula is C14H10BrFO3. The average molecular weight is 325 g/mol. The van der Waals surface area contributed by atoms with Crippen molar-refractivity contribution in [3.8, 4) is 11.5 Å². The second kappa shape index (κ2) is 5.40. The molecule has 0 saturated heterocycles. The molecule has 0 aliphatic heterocycles. The van der Waals surface area contributed by atoms with Crippen LogP contribution in [0.2, 0.25) is 0 Å². The van der Waals surface area contributed by atoms with E-state index in [2.05, 4.69) is 15.9 Å². The second-order valence-electron chi connectivity index (χ2n) is 3.91. The molecule has 2 aromatic rings. The minimum atomic E-state index is -1.14. The van der Waals surface area contributed by atoms with Crippen molar-refractivity contribution in [2.45, 2.75) is 6.92 Å². The third kappa shape index (κ3) is 2.76. The molecule has 0 fully saturated rings. The normalized spacial score (nSPS) is 10.3. The Hall–Kier alpha value is -1.88. The van der Waals surface area contributed by atoms with E-state index in [-0.39, 0.29) is 17.1 Å².